The Labute approximate surface area is 200 Å². The minimum atomic E-state index is -0.450. The summed E-state index contributed by atoms with van der Waals surface area (Å²) in [5.41, 5.74) is 2.46. The van der Waals surface area contributed by atoms with Crippen molar-refractivity contribution in [2.75, 3.05) is 0 Å². The van der Waals surface area contributed by atoms with Gasteiger partial charge in [-0.3, -0.25) is 14.9 Å². The summed E-state index contributed by atoms with van der Waals surface area (Å²) < 4.78 is 8.71. The van der Waals surface area contributed by atoms with Crippen LogP contribution >= 0.6 is 11.3 Å². The van der Waals surface area contributed by atoms with E-state index in [2.05, 4.69) is 10.1 Å². The quantitative estimate of drug-likeness (QED) is 0.271. The lowest BCUT2D eigenvalue weighted by Crippen LogP contribution is -2.23. The highest BCUT2D eigenvalue weighted by atomic mass is 32.1. The fourth-order valence-corrected chi connectivity index (χ4v) is 4.56. The van der Waals surface area contributed by atoms with Crippen molar-refractivity contribution in [3.63, 3.8) is 0 Å². The van der Waals surface area contributed by atoms with Crippen molar-refractivity contribution in [3.05, 3.63) is 110 Å². The molecule has 0 aliphatic carbocycles. The lowest BCUT2D eigenvalue weighted by molar-refractivity contribution is -0.384. The van der Waals surface area contributed by atoms with Crippen molar-refractivity contribution >= 4 is 28.1 Å². The zero-order valence-electron chi connectivity index (χ0n) is 17.8. The molecule has 6 rings (SSSR count). The van der Waals surface area contributed by atoms with Gasteiger partial charge in [0.1, 0.15) is 5.69 Å². The maximum Gasteiger partial charge on any atom is 0.291 e. The largest absolute Gasteiger partial charge is 0.461 e. The molecule has 170 valence electrons. The number of nitro benzene ring substituents is 1. The van der Waals surface area contributed by atoms with Crippen molar-refractivity contribution in [3.8, 4) is 28.5 Å². The summed E-state index contributed by atoms with van der Waals surface area (Å²) in [5.74, 6) is 0.823. The van der Waals surface area contributed by atoms with Gasteiger partial charge in [0.25, 0.3) is 11.2 Å². The third-order valence-electron chi connectivity index (χ3n) is 5.32. The Morgan fingerprint density at radius 2 is 1.80 bits per heavy atom. The van der Waals surface area contributed by atoms with E-state index in [1.54, 1.807) is 35.0 Å². The van der Waals surface area contributed by atoms with Crippen LogP contribution in [-0.4, -0.2) is 29.3 Å². The van der Waals surface area contributed by atoms with Crippen LogP contribution in [0.1, 0.15) is 5.56 Å². The van der Waals surface area contributed by atoms with E-state index in [0.717, 1.165) is 5.69 Å². The van der Waals surface area contributed by atoms with Crippen molar-refractivity contribution in [2.45, 2.75) is 0 Å². The highest BCUT2D eigenvalue weighted by Gasteiger charge is 2.16. The maximum absolute atomic E-state index is 13.1. The normalized spacial score (nSPS) is 11.9. The summed E-state index contributed by atoms with van der Waals surface area (Å²) in [6.07, 6.45) is 5.07. The van der Waals surface area contributed by atoms with Crippen LogP contribution in [0.25, 0.3) is 39.6 Å². The predicted octanol–water partition coefficient (Wildman–Crippen LogP) is 3.72. The number of hydrogen-bond donors (Lipinski definition) is 0. The Morgan fingerprint density at radius 1 is 1.00 bits per heavy atom. The molecule has 4 heterocycles. The molecule has 10 nitrogen and oxygen atoms in total. The topological polar surface area (TPSA) is 121 Å². The molecule has 0 aliphatic rings. The lowest BCUT2D eigenvalue weighted by Gasteiger charge is -2.00. The molecule has 11 heteroatoms. The van der Waals surface area contributed by atoms with Crippen molar-refractivity contribution in [2.24, 2.45) is 0 Å². The summed E-state index contributed by atoms with van der Waals surface area (Å²) in [6, 6.07) is 19.1. The second-order valence-electron chi connectivity index (χ2n) is 7.54. The molecular weight excluding hydrogens is 468 g/mol. The first-order chi connectivity index (χ1) is 17.1. The Balaban J connectivity index is 1.49. The first-order valence-electron chi connectivity index (χ1n) is 10.4. The number of rotatable bonds is 5. The molecule has 6 aromatic rings. The van der Waals surface area contributed by atoms with Gasteiger partial charge in [-0.15, -0.1) is 5.10 Å². The summed E-state index contributed by atoms with van der Waals surface area (Å²) in [6.45, 7) is 0. The van der Waals surface area contributed by atoms with Crippen molar-refractivity contribution in [1.82, 2.24) is 24.4 Å². The van der Waals surface area contributed by atoms with Crippen LogP contribution < -0.4 is 10.1 Å². The zero-order valence-corrected chi connectivity index (χ0v) is 18.6. The maximum atomic E-state index is 13.1. The molecule has 4 aromatic heterocycles. The van der Waals surface area contributed by atoms with Gasteiger partial charge < -0.3 is 4.42 Å². The van der Waals surface area contributed by atoms with Crippen LogP contribution in [0.3, 0.4) is 0 Å². The summed E-state index contributed by atoms with van der Waals surface area (Å²) in [5, 5.41) is 20.1. The van der Waals surface area contributed by atoms with E-state index in [0.29, 0.717) is 37.9 Å². The number of para-hydroxylation sites is 1. The minimum absolute atomic E-state index is 0.0125. The molecule has 0 N–H and O–H groups in total. The number of fused-ring (bicyclic) bond motifs is 1. The number of aromatic nitrogens is 5. The average molecular weight is 482 g/mol. The second-order valence-corrected chi connectivity index (χ2v) is 8.55. The van der Waals surface area contributed by atoms with Crippen LogP contribution in [0.4, 0.5) is 5.69 Å². The summed E-state index contributed by atoms with van der Waals surface area (Å²) in [4.78, 5) is 28.5. The number of hydrogen-bond acceptors (Lipinski definition) is 8. The monoisotopic (exact) mass is 482 g/mol. The number of non-ortho nitro benzene ring substituents is 1. The molecule has 0 saturated heterocycles. The van der Waals surface area contributed by atoms with Gasteiger partial charge in [0.15, 0.2) is 5.76 Å². The molecule has 2 aromatic carbocycles. The van der Waals surface area contributed by atoms with Gasteiger partial charge in [-0.05, 0) is 42.5 Å². The fraction of sp³-hybridized carbons (Fsp3) is 0. The van der Waals surface area contributed by atoms with Gasteiger partial charge in [-0.2, -0.15) is 14.6 Å². The van der Waals surface area contributed by atoms with E-state index < -0.39 is 4.92 Å². The lowest BCUT2D eigenvalue weighted by atomic mass is 10.1. The number of nitrogens with zero attached hydrogens (tertiary/aromatic N) is 6. The molecule has 0 amide bonds. The van der Waals surface area contributed by atoms with Gasteiger partial charge in [-0.25, -0.2) is 4.68 Å². The van der Waals surface area contributed by atoms with Gasteiger partial charge in [0.05, 0.1) is 21.4 Å². The number of thiazole rings is 1. The molecule has 35 heavy (non-hydrogen) atoms. The summed E-state index contributed by atoms with van der Waals surface area (Å²) in [7, 11) is 0. The number of nitro groups is 1. The average Bonchev–Trinajstić information content (AvgIpc) is 3.66. The zero-order chi connectivity index (χ0) is 23.9. The Bertz CT molecular complexity index is 1780. The Kier molecular flexibility index (Phi) is 4.82. The van der Waals surface area contributed by atoms with Crippen molar-refractivity contribution < 1.29 is 9.34 Å². The molecule has 0 aliphatic heterocycles. The first kappa shape index (κ1) is 20.7. The van der Waals surface area contributed by atoms with E-state index in [4.69, 9.17) is 9.52 Å². The Morgan fingerprint density at radius 3 is 2.49 bits per heavy atom. The first-order valence-corrected chi connectivity index (χ1v) is 11.2. The minimum Gasteiger partial charge on any atom is -0.461 e. The highest BCUT2D eigenvalue weighted by Crippen LogP contribution is 2.26. The molecule has 0 saturated carbocycles. The van der Waals surface area contributed by atoms with Gasteiger partial charge in [0, 0.05) is 29.5 Å². The molecule has 0 spiro atoms. The van der Waals surface area contributed by atoms with E-state index in [9.17, 15) is 14.9 Å². The van der Waals surface area contributed by atoms with Gasteiger partial charge in [-0.1, -0.05) is 29.5 Å². The van der Waals surface area contributed by atoms with Crippen LogP contribution in [0.5, 0.6) is 0 Å². The van der Waals surface area contributed by atoms with Crippen molar-refractivity contribution in [1.29, 1.82) is 0 Å². The second kappa shape index (κ2) is 8.15. The number of furan rings is 1. The molecule has 0 atom stereocenters. The standard InChI is InChI=1S/C24H14N6O4S/c31-23-20(35-24-25-22(27-29(23)24)19-7-4-12-34-19)13-16-14-28(17-5-2-1-3-6-17)26-21(16)15-8-10-18(11-9-15)30(32)33/h1-14H. The van der Waals surface area contributed by atoms with Crippen LogP contribution in [0.15, 0.2) is 88.4 Å². The number of benzene rings is 2. The summed E-state index contributed by atoms with van der Waals surface area (Å²) >= 11 is 1.21. The molecule has 0 fully saturated rings. The van der Waals surface area contributed by atoms with E-state index in [-0.39, 0.29) is 11.2 Å². The smallest absolute Gasteiger partial charge is 0.291 e. The van der Waals surface area contributed by atoms with Crippen LogP contribution in [0, 0.1) is 10.1 Å². The SMILES string of the molecule is O=c1c(=Cc2cn(-c3ccccc3)nc2-c2ccc([N+](=O)[O-])cc2)sc2nc(-c3ccco3)nn12. The van der Waals surface area contributed by atoms with E-state index >= 15 is 0 Å². The third-order valence-corrected chi connectivity index (χ3v) is 6.28. The third kappa shape index (κ3) is 3.69. The van der Waals surface area contributed by atoms with Gasteiger partial charge in [0.2, 0.25) is 10.8 Å². The highest BCUT2D eigenvalue weighted by molar-refractivity contribution is 7.15. The van der Waals surface area contributed by atoms with Gasteiger partial charge >= 0.3 is 0 Å². The molecule has 0 radical (unpaired) electrons. The fourth-order valence-electron chi connectivity index (χ4n) is 3.66. The van der Waals surface area contributed by atoms with E-state index in [1.807, 2.05) is 36.5 Å². The Hall–Kier alpha value is -4.90. The van der Waals surface area contributed by atoms with Crippen LogP contribution in [0.2, 0.25) is 0 Å². The predicted molar refractivity (Wildman–Crippen MR) is 129 cm³/mol. The van der Waals surface area contributed by atoms with E-state index in [1.165, 1.54) is 34.2 Å². The molecule has 0 unspecified atom stereocenters. The molecule has 0 bridgehead atoms. The molecular formula is C24H14N6O4S. The van der Waals surface area contributed by atoms with Crippen LogP contribution in [-0.2, 0) is 0 Å².